The van der Waals surface area contributed by atoms with Gasteiger partial charge in [0.05, 0.1) is 5.56 Å². The van der Waals surface area contributed by atoms with Crippen LogP contribution in [0.3, 0.4) is 0 Å². The Morgan fingerprint density at radius 3 is 2.90 bits per heavy atom. The van der Waals surface area contributed by atoms with Gasteiger partial charge in [0.1, 0.15) is 6.61 Å². The van der Waals surface area contributed by atoms with Gasteiger partial charge in [-0.05, 0) is 18.4 Å². The molecule has 1 aromatic heterocycles. The zero-order valence-corrected chi connectivity index (χ0v) is 12.3. The van der Waals surface area contributed by atoms with Gasteiger partial charge in [0.15, 0.2) is 0 Å². The van der Waals surface area contributed by atoms with Crippen molar-refractivity contribution >= 4 is 5.91 Å². The molecule has 4 nitrogen and oxygen atoms in total. The molecular weight excluding hydrogens is 264 g/mol. The molecule has 1 amide bonds. The third-order valence-corrected chi connectivity index (χ3v) is 3.88. The largest absolute Gasteiger partial charge is 0.384 e. The average molecular weight is 286 g/mol. The van der Waals surface area contributed by atoms with Crippen molar-refractivity contribution in [2.75, 3.05) is 13.2 Å². The number of nitrogens with zero attached hydrogens (tertiary/aromatic N) is 1. The highest BCUT2D eigenvalue weighted by molar-refractivity contribution is 5.94. The van der Waals surface area contributed by atoms with Gasteiger partial charge in [0.2, 0.25) is 0 Å². The molecule has 0 aliphatic heterocycles. The molecule has 0 bridgehead atoms. The van der Waals surface area contributed by atoms with Crippen LogP contribution >= 0.6 is 0 Å². The van der Waals surface area contributed by atoms with E-state index in [9.17, 15) is 4.79 Å². The number of aliphatic hydroxyl groups excluding tert-OH is 1. The number of pyridine rings is 1. The second kappa shape index (κ2) is 8.43. The van der Waals surface area contributed by atoms with Gasteiger partial charge in [0, 0.05) is 24.5 Å². The van der Waals surface area contributed by atoms with Crippen LogP contribution < -0.4 is 5.32 Å². The minimum atomic E-state index is -0.197. The van der Waals surface area contributed by atoms with Crippen LogP contribution in [0.25, 0.3) is 0 Å². The lowest BCUT2D eigenvalue weighted by atomic mass is 9.87. The van der Waals surface area contributed by atoms with E-state index in [1.54, 1.807) is 18.5 Å². The first-order valence-corrected chi connectivity index (χ1v) is 7.62. The topological polar surface area (TPSA) is 62.2 Å². The Kier molecular flexibility index (Phi) is 6.23. The van der Waals surface area contributed by atoms with E-state index < -0.39 is 0 Å². The molecule has 0 atom stereocenters. The van der Waals surface area contributed by atoms with E-state index >= 15 is 0 Å². The van der Waals surface area contributed by atoms with Gasteiger partial charge < -0.3 is 10.4 Å². The predicted molar refractivity (Wildman–Crippen MR) is 81.7 cm³/mol. The minimum absolute atomic E-state index is 0.106. The maximum atomic E-state index is 12.1. The lowest BCUT2D eigenvalue weighted by Crippen LogP contribution is -2.26. The highest BCUT2D eigenvalue weighted by Gasteiger charge is 2.13. The Labute approximate surface area is 126 Å². The van der Waals surface area contributed by atoms with E-state index in [0.717, 1.165) is 18.9 Å². The summed E-state index contributed by atoms with van der Waals surface area (Å²) in [6.07, 6.45) is 10.8. The summed E-state index contributed by atoms with van der Waals surface area (Å²) in [5.41, 5.74) is 1.16. The summed E-state index contributed by atoms with van der Waals surface area (Å²) in [6, 6.07) is 1.70. The Balaban J connectivity index is 1.82. The van der Waals surface area contributed by atoms with Crippen molar-refractivity contribution in [3.05, 3.63) is 29.6 Å². The zero-order valence-electron chi connectivity index (χ0n) is 12.3. The van der Waals surface area contributed by atoms with E-state index in [-0.39, 0.29) is 12.5 Å². The maximum absolute atomic E-state index is 12.1. The number of amides is 1. The quantitative estimate of drug-likeness (QED) is 0.833. The van der Waals surface area contributed by atoms with Crippen molar-refractivity contribution in [2.24, 2.45) is 5.92 Å². The van der Waals surface area contributed by atoms with Crippen LogP contribution in [0, 0.1) is 17.8 Å². The lowest BCUT2D eigenvalue weighted by Gasteiger charge is -2.21. The molecule has 0 saturated heterocycles. The van der Waals surface area contributed by atoms with Crippen molar-refractivity contribution in [1.29, 1.82) is 0 Å². The molecule has 0 aromatic carbocycles. The standard InChI is InChI=1S/C17H22N2O2/c20-10-4-7-15-11-16(13-18-12-15)17(21)19-9-8-14-5-2-1-3-6-14/h11-14,20H,1-3,5-6,8-10H2,(H,19,21). The van der Waals surface area contributed by atoms with Crippen molar-refractivity contribution < 1.29 is 9.90 Å². The van der Waals surface area contributed by atoms with Crippen LogP contribution in [0.1, 0.15) is 54.4 Å². The lowest BCUT2D eigenvalue weighted by molar-refractivity contribution is 0.0950. The fourth-order valence-electron chi connectivity index (χ4n) is 2.74. The molecule has 4 heteroatoms. The summed E-state index contributed by atoms with van der Waals surface area (Å²) in [5, 5.41) is 11.6. The number of aromatic nitrogens is 1. The number of hydrogen-bond donors (Lipinski definition) is 2. The molecule has 1 aliphatic rings. The molecule has 21 heavy (non-hydrogen) atoms. The molecule has 1 fully saturated rings. The molecule has 2 N–H and O–H groups in total. The third-order valence-electron chi connectivity index (χ3n) is 3.88. The monoisotopic (exact) mass is 286 g/mol. The molecule has 1 heterocycles. The summed E-state index contributed by atoms with van der Waals surface area (Å²) < 4.78 is 0. The van der Waals surface area contributed by atoms with Gasteiger partial charge in [-0.25, -0.2) is 0 Å². The summed E-state index contributed by atoms with van der Waals surface area (Å²) in [6.45, 7) is 0.522. The Morgan fingerprint density at radius 1 is 1.33 bits per heavy atom. The maximum Gasteiger partial charge on any atom is 0.252 e. The van der Waals surface area contributed by atoms with Gasteiger partial charge in [-0.3, -0.25) is 9.78 Å². The molecule has 1 aromatic rings. The first-order chi connectivity index (χ1) is 10.3. The van der Waals surface area contributed by atoms with E-state index in [0.29, 0.717) is 11.1 Å². The Bertz CT molecular complexity index is 525. The number of aliphatic hydroxyl groups is 1. The van der Waals surface area contributed by atoms with Crippen molar-refractivity contribution in [1.82, 2.24) is 10.3 Å². The fourth-order valence-corrected chi connectivity index (χ4v) is 2.74. The van der Waals surface area contributed by atoms with Crippen molar-refractivity contribution in [3.8, 4) is 11.8 Å². The van der Waals surface area contributed by atoms with Gasteiger partial charge in [0.25, 0.3) is 5.91 Å². The van der Waals surface area contributed by atoms with Crippen LogP contribution in [0.2, 0.25) is 0 Å². The molecule has 1 aliphatic carbocycles. The van der Waals surface area contributed by atoms with Crippen LogP contribution in [0.15, 0.2) is 18.5 Å². The number of carbonyl (C=O) groups is 1. The fraction of sp³-hybridized carbons (Fsp3) is 0.529. The first-order valence-electron chi connectivity index (χ1n) is 7.62. The summed E-state index contributed by atoms with van der Waals surface area (Å²) in [5.74, 6) is 5.96. The number of carbonyl (C=O) groups excluding carboxylic acids is 1. The summed E-state index contributed by atoms with van der Waals surface area (Å²) in [4.78, 5) is 16.1. The SMILES string of the molecule is O=C(NCCC1CCCCC1)c1cncc(C#CCO)c1. The van der Waals surface area contributed by atoms with Crippen LogP contribution in [-0.2, 0) is 0 Å². The molecular formula is C17H22N2O2. The molecule has 1 saturated carbocycles. The Hall–Kier alpha value is -1.86. The molecule has 0 radical (unpaired) electrons. The van der Waals surface area contributed by atoms with Crippen LogP contribution in [0.5, 0.6) is 0 Å². The number of hydrogen-bond acceptors (Lipinski definition) is 3. The van der Waals surface area contributed by atoms with E-state index in [4.69, 9.17) is 5.11 Å². The van der Waals surface area contributed by atoms with Gasteiger partial charge >= 0.3 is 0 Å². The third kappa shape index (κ3) is 5.20. The zero-order chi connectivity index (χ0) is 14.9. The van der Waals surface area contributed by atoms with Crippen molar-refractivity contribution in [2.45, 2.75) is 38.5 Å². The molecule has 112 valence electrons. The van der Waals surface area contributed by atoms with E-state index in [1.807, 2.05) is 0 Å². The van der Waals surface area contributed by atoms with Crippen LogP contribution in [-0.4, -0.2) is 29.1 Å². The van der Waals surface area contributed by atoms with Crippen molar-refractivity contribution in [3.63, 3.8) is 0 Å². The normalized spacial score (nSPS) is 15.1. The second-order valence-corrected chi connectivity index (χ2v) is 5.47. The predicted octanol–water partition coefficient (Wildman–Crippen LogP) is 2.13. The Morgan fingerprint density at radius 2 is 2.14 bits per heavy atom. The minimum Gasteiger partial charge on any atom is -0.384 e. The van der Waals surface area contributed by atoms with Gasteiger partial charge in [-0.15, -0.1) is 0 Å². The number of rotatable bonds is 4. The van der Waals surface area contributed by atoms with E-state index in [2.05, 4.69) is 22.1 Å². The molecule has 0 spiro atoms. The average Bonchev–Trinajstić information content (AvgIpc) is 2.54. The highest BCUT2D eigenvalue weighted by atomic mass is 16.2. The highest BCUT2D eigenvalue weighted by Crippen LogP contribution is 2.25. The van der Waals surface area contributed by atoms with E-state index in [1.165, 1.54) is 32.1 Å². The smallest absolute Gasteiger partial charge is 0.252 e. The molecule has 0 unspecified atom stereocenters. The first kappa shape index (κ1) is 15.5. The molecule has 2 rings (SSSR count). The number of nitrogens with one attached hydrogen (secondary N) is 1. The van der Waals surface area contributed by atoms with Gasteiger partial charge in [-0.1, -0.05) is 43.9 Å². The van der Waals surface area contributed by atoms with Crippen LogP contribution in [0.4, 0.5) is 0 Å². The summed E-state index contributed by atoms with van der Waals surface area (Å²) in [7, 11) is 0. The summed E-state index contributed by atoms with van der Waals surface area (Å²) >= 11 is 0. The second-order valence-electron chi connectivity index (χ2n) is 5.47. The van der Waals surface area contributed by atoms with Gasteiger partial charge in [-0.2, -0.15) is 0 Å².